The molecule has 1 saturated heterocycles. The maximum atomic E-state index is 13.9. The van der Waals surface area contributed by atoms with Gasteiger partial charge in [0.15, 0.2) is 23.1 Å². The van der Waals surface area contributed by atoms with Crippen molar-refractivity contribution in [1.29, 1.82) is 0 Å². The summed E-state index contributed by atoms with van der Waals surface area (Å²) in [5, 5.41) is 19.6. The largest absolute Gasteiger partial charge is 0.504 e. The fourth-order valence-electron chi connectivity index (χ4n) is 6.65. The number of phenolic OH excluding ortho intramolecular Hbond substituents is 1. The first-order chi connectivity index (χ1) is 19.1. The van der Waals surface area contributed by atoms with Gasteiger partial charge < -0.3 is 14.9 Å². The lowest BCUT2D eigenvalue weighted by atomic mass is 9.59. The second-order valence-electron chi connectivity index (χ2n) is 10.5. The first kappa shape index (κ1) is 25.5. The third-order valence-electron chi connectivity index (χ3n) is 8.45. The molecule has 2 N–H and O–H groups in total. The monoisotopic (exact) mass is 539 g/mol. The van der Waals surface area contributed by atoms with E-state index in [-0.39, 0.29) is 47.2 Å². The van der Waals surface area contributed by atoms with Gasteiger partial charge in [-0.25, -0.2) is 4.79 Å². The van der Waals surface area contributed by atoms with Gasteiger partial charge >= 0.3 is 5.97 Å². The number of ketones is 2. The van der Waals surface area contributed by atoms with E-state index in [1.807, 2.05) is 6.08 Å². The number of fused-ring (bicyclic) bond motifs is 3. The molecule has 0 spiro atoms. The number of imide groups is 1. The number of phenols is 1. The molecule has 4 atom stereocenters. The second-order valence-corrected chi connectivity index (χ2v) is 10.5. The summed E-state index contributed by atoms with van der Waals surface area (Å²) in [7, 11) is 1.41. The van der Waals surface area contributed by atoms with Crippen LogP contribution in [-0.4, -0.2) is 46.7 Å². The number of methoxy groups -OCH3 is 1. The number of aromatic carboxylic acids is 1. The Bertz CT molecular complexity index is 1640. The molecule has 2 amide bonds. The van der Waals surface area contributed by atoms with E-state index in [4.69, 9.17) is 4.74 Å². The number of ether oxygens (including phenoxy) is 1. The van der Waals surface area contributed by atoms with E-state index in [9.17, 15) is 34.2 Å². The van der Waals surface area contributed by atoms with Crippen LogP contribution in [0.25, 0.3) is 0 Å². The molecule has 40 heavy (non-hydrogen) atoms. The molecule has 9 heteroatoms. The fourth-order valence-corrected chi connectivity index (χ4v) is 6.65. The molecule has 6 rings (SSSR count). The molecule has 1 fully saturated rings. The molecule has 3 aliphatic carbocycles. The van der Waals surface area contributed by atoms with Crippen LogP contribution in [0.4, 0.5) is 5.69 Å². The number of Topliss-reactive ketones (excluding diaryl/α,β-unsaturated/α-hetero) is 1. The minimum atomic E-state index is -1.18. The molecule has 4 aliphatic rings. The molecule has 0 radical (unpaired) electrons. The lowest BCUT2D eigenvalue weighted by Crippen LogP contribution is -2.39. The highest BCUT2D eigenvalue weighted by Crippen LogP contribution is 2.55. The quantitative estimate of drug-likeness (QED) is 0.341. The van der Waals surface area contributed by atoms with Gasteiger partial charge in [-0.15, -0.1) is 0 Å². The Hall–Kier alpha value is -4.79. The molecule has 0 aromatic heterocycles. The van der Waals surface area contributed by atoms with Gasteiger partial charge in [0.05, 0.1) is 30.2 Å². The summed E-state index contributed by atoms with van der Waals surface area (Å²) in [5.41, 5.74) is 2.52. The minimum Gasteiger partial charge on any atom is -0.504 e. The second kappa shape index (κ2) is 9.15. The van der Waals surface area contributed by atoms with E-state index in [1.54, 1.807) is 19.1 Å². The number of allylic oxidation sites excluding steroid dienone is 6. The first-order valence-corrected chi connectivity index (χ1v) is 12.9. The van der Waals surface area contributed by atoms with Crippen molar-refractivity contribution in [2.24, 2.45) is 17.8 Å². The molecular weight excluding hydrogens is 514 g/mol. The number of nitrogens with zero attached hydrogens (tertiary/aromatic N) is 1. The van der Waals surface area contributed by atoms with Gasteiger partial charge in [-0.3, -0.25) is 24.1 Å². The summed E-state index contributed by atoms with van der Waals surface area (Å²) in [5.74, 6) is -5.15. The number of anilines is 1. The Morgan fingerprint density at radius 2 is 1.80 bits per heavy atom. The van der Waals surface area contributed by atoms with Gasteiger partial charge in [0, 0.05) is 22.6 Å². The smallest absolute Gasteiger partial charge is 0.335 e. The van der Waals surface area contributed by atoms with Crippen molar-refractivity contribution in [3.05, 3.63) is 88.0 Å². The average molecular weight is 540 g/mol. The molecule has 0 saturated carbocycles. The third kappa shape index (κ3) is 3.65. The van der Waals surface area contributed by atoms with E-state index in [0.717, 1.165) is 10.5 Å². The van der Waals surface area contributed by atoms with Crippen LogP contribution >= 0.6 is 0 Å². The number of rotatable bonds is 4. The van der Waals surface area contributed by atoms with Crippen molar-refractivity contribution in [2.75, 3.05) is 12.0 Å². The SMILES string of the molecule is COc1cc(C2C3=CCC4C(=O)N(c5cccc(C(=O)O)c5)C(=O)C4C3CC3=C2C(=O)C(C)=CC3=O)ccc1O. The Kier molecular flexibility index (Phi) is 5.83. The lowest BCUT2D eigenvalue weighted by molar-refractivity contribution is -0.123. The maximum Gasteiger partial charge on any atom is 0.335 e. The summed E-state index contributed by atoms with van der Waals surface area (Å²) in [4.78, 5) is 66.8. The van der Waals surface area contributed by atoms with E-state index in [0.29, 0.717) is 22.3 Å². The predicted octanol–water partition coefficient (Wildman–Crippen LogP) is 3.73. The van der Waals surface area contributed by atoms with Crippen molar-refractivity contribution in [2.45, 2.75) is 25.7 Å². The van der Waals surface area contributed by atoms with E-state index >= 15 is 0 Å². The molecule has 4 unspecified atom stereocenters. The maximum absolute atomic E-state index is 13.9. The lowest BCUT2D eigenvalue weighted by Gasteiger charge is -2.42. The number of carbonyl (C=O) groups excluding carboxylic acids is 4. The number of carboxylic acids is 1. The number of hydrogen-bond donors (Lipinski definition) is 2. The van der Waals surface area contributed by atoms with Crippen LogP contribution in [-0.2, 0) is 19.2 Å². The number of carbonyl (C=O) groups is 5. The van der Waals surface area contributed by atoms with E-state index < -0.39 is 41.5 Å². The van der Waals surface area contributed by atoms with Crippen LogP contribution in [0.15, 0.2) is 76.9 Å². The highest BCUT2D eigenvalue weighted by Gasteiger charge is 2.56. The normalized spacial score (nSPS) is 25.7. The van der Waals surface area contributed by atoms with Gasteiger partial charge in [-0.05, 0) is 67.7 Å². The van der Waals surface area contributed by atoms with Gasteiger partial charge in [0.25, 0.3) is 0 Å². The molecule has 2 aromatic rings. The van der Waals surface area contributed by atoms with Crippen molar-refractivity contribution in [3.8, 4) is 11.5 Å². The Morgan fingerprint density at radius 1 is 1.02 bits per heavy atom. The summed E-state index contributed by atoms with van der Waals surface area (Å²) in [6.07, 6.45) is 3.59. The zero-order chi connectivity index (χ0) is 28.5. The predicted molar refractivity (Wildman–Crippen MR) is 142 cm³/mol. The van der Waals surface area contributed by atoms with Gasteiger partial charge in [-0.1, -0.05) is 23.8 Å². The van der Waals surface area contributed by atoms with Gasteiger partial charge in [0.2, 0.25) is 11.8 Å². The Labute approximate surface area is 229 Å². The zero-order valence-corrected chi connectivity index (χ0v) is 21.7. The molecular formula is C31H25NO8. The van der Waals surface area contributed by atoms with Crippen LogP contribution in [0, 0.1) is 17.8 Å². The van der Waals surface area contributed by atoms with Crippen LogP contribution in [0.3, 0.4) is 0 Å². The minimum absolute atomic E-state index is 0.0472. The standard InChI is InChI=1S/C31H25NO8/c1-14-10-23(34)21-13-20-18(25(27(21)28(14)35)15-6-9-22(33)24(12-15)40-2)7-8-19-26(20)30(37)32(29(19)36)17-5-3-4-16(11-17)31(38)39/h3-7,9-12,19-20,25-26,33H,8,13H2,1-2H3,(H,38,39). The number of amides is 2. The molecule has 1 aliphatic heterocycles. The van der Waals surface area contributed by atoms with Crippen LogP contribution in [0.1, 0.15) is 41.6 Å². The molecule has 9 nitrogen and oxygen atoms in total. The van der Waals surface area contributed by atoms with E-state index in [1.165, 1.54) is 43.5 Å². The molecule has 1 heterocycles. The number of aromatic hydroxyl groups is 1. The third-order valence-corrected chi connectivity index (χ3v) is 8.45. The van der Waals surface area contributed by atoms with Gasteiger partial charge in [-0.2, -0.15) is 0 Å². The van der Waals surface area contributed by atoms with Crippen LogP contribution in [0.5, 0.6) is 11.5 Å². The summed E-state index contributed by atoms with van der Waals surface area (Å²) in [6.45, 7) is 1.60. The molecule has 0 bridgehead atoms. The van der Waals surface area contributed by atoms with Crippen LogP contribution in [0.2, 0.25) is 0 Å². The van der Waals surface area contributed by atoms with E-state index in [2.05, 4.69) is 0 Å². The fraction of sp³-hybridized carbons (Fsp3) is 0.258. The zero-order valence-electron chi connectivity index (χ0n) is 21.7. The average Bonchev–Trinajstić information content (AvgIpc) is 3.20. The first-order valence-electron chi connectivity index (χ1n) is 12.9. The van der Waals surface area contributed by atoms with Crippen molar-refractivity contribution in [1.82, 2.24) is 0 Å². The van der Waals surface area contributed by atoms with Crippen LogP contribution < -0.4 is 9.64 Å². The number of benzene rings is 2. The summed E-state index contributed by atoms with van der Waals surface area (Å²) >= 11 is 0. The topological polar surface area (TPSA) is 138 Å². The van der Waals surface area contributed by atoms with Crippen molar-refractivity contribution in [3.63, 3.8) is 0 Å². The molecule has 202 valence electrons. The Balaban J connectivity index is 1.48. The van der Waals surface area contributed by atoms with Gasteiger partial charge in [0.1, 0.15) is 0 Å². The Morgan fingerprint density at radius 3 is 2.52 bits per heavy atom. The van der Waals surface area contributed by atoms with Crippen molar-refractivity contribution < 1.29 is 38.9 Å². The number of carboxylic acid groups (broad SMARTS) is 1. The highest BCUT2D eigenvalue weighted by molar-refractivity contribution is 6.25. The summed E-state index contributed by atoms with van der Waals surface area (Å²) < 4.78 is 5.31. The van der Waals surface area contributed by atoms with Crippen molar-refractivity contribution >= 4 is 35.0 Å². The highest BCUT2D eigenvalue weighted by atomic mass is 16.5. The molecule has 2 aromatic carbocycles. The summed E-state index contributed by atoms with van der Waals surface area (Å²) in [6, 6.07) is 10.4. The number of hydrogen-bond acceptors (Lipinski definition) is 7.